The Morgan fingerprint density at radius 2 is 2.11 bits per heavy atom. The molecule has 0 bridgehead atoms. The first-order valence-corrected chi connectivity index (χ1v) is 7.02. The largest absolute Gasteiger partial charge is 0.314 e. The lowest BCUT2D eigenvalue weighted by molar-refractivity contribution is 0.320. The fourth-order valence-corrected chi connectivity index (χ4v) is 2.39. The molecule has 0 atom stereocenters. The van der Waals surface area contributed by atoms with Crippen LogP contribution in [0.4, 0.5) is 4.39 Å². The summed E-state index contributed by atoms with van der Waals surface area (Å²) < 4.78 is 13.8. The van der Waals surface area contributed by atoms with E-state index in [1.165, 1.54) is 12.8 Å². The number of hydrogen-bond acceptors (Lipinski definition) is 1. The molecular formula is C15H21ClFN. The lowest BCUT2D eigenvalue weighted by Crippen LogP contribution is -2.25. The van der Waals surface area contributed by atoms with Crippen LogP contribution in [-0.4, -0.2) is 12.6 Å². The summed E-state index contributed by atoms with van der Waals surface area (Å²) in [6, 6.07) is 5.99. The lowest BCUT2D eigenvalue weighted by Gasteiger charge is -2.25. The number of hydrogen-bond donors (Lipinski definition) is 1. The Balaban J connectivity index is 1.90. The van der Waals surface area contributed by atoms with Gasteiger partial charge in [-0.1, -0.05) is 37.6 Å². The topological polar surface area (TPSA) is 12.0 Å². The van der Waals surface area contributed by atoms with Crippen molar-refractivity contribution in [3.63, 3.8) is 0 Å². The predicted octanol–water partition coefficient (Wildman–Crippen LogP) is 4.19. The van der Waals surface area contributed by atoms with Gasteiger partial charge in [-0.25, -0.2) is 4.39 Å². The lowest BCUT2D eigenvalue weighted by atomic mass is 9.82. The highest BCUT2D eigenvalue weighted by Gasteiger charge is 2.24. The molecule has 0 amide bonds. The molecule has 18 heavy (non-hydrogen) atoms. The van der Waals surface area contributed by atoms with E-state index in [1.54, 1.807) is 6.07 Å². The fourth-order valence-electron chi connectivity index (χ4n) is 2.19. The van der Waals surface area contributed by atoms with Crippen LogP contribution in [0.3, 0.4) is 0 Å². The molecule has 0 radical (unpaired) electrons. The van der Waals surface area contributed by atoms with Crippen molar-refractivity contribution < 1.29 is 4.39 Å². The zero-order valence-electron chi connectivity index (χ0n) is 11.1. The van der Waals surface area contributed by atoms with Crippen molar-refractivity contribution in [3.05, 3.63) is 34.6 Å². The minimum atomic E-state index is -0.262. The van der Waals surface area contributed by atoms with Crippen LogP contribution in [0.15, 0.2) is 18.2 Å². The molecule has 0 unspecified atom stereocenters. The van der Waals surface area contributed by atoms with E-state index in [1.807, 2.05) is 12.1 Å². The Labute approximate surface area is 114 Å². The van der Waals surface area contributed by atoms with Crippen LogP contribution in [0.25, 0.3) is 0 Å². The van der Waals surface area contributed by atoms with Gasteiger partial charge in [0.2, 0.25) is 0 Å². The van der Waals surface area contributed by atoms with Crippen LogP contribution in [0.5, 0.6) is 0 Å². The SMILES string of the molecule is CC(C)(CCNC1CC1)Cc1cccc(Cl)c1F. The highest BCUT2D eigenvalue weighted by molar-refractivity contribution is 6.30. The third-order valence-electron chi connectivity index (χ3n) is 3.51. The van der Waals surface area contributed by atoms with Crippen molar-refractivity contribution in [2.45, 2.75) is 45.6 Å². The van der Waals surface area contributed by atoms with Crippen LogP contribution >= 0.6 is 11.6 Å². The van der Waals surface area contributed by atoms with Gasteiger partial charge in [0.1, 0.15) is 5.82 Å². The molecule has 0 saturated heterocycles. The molecule has 100 valence electrons. The molecule has 0 aliphatic heterocycles. The van der Waals surface area contributed by atoms with Gasteiger partial charge in [-0.3, -0.25) is 0 Å². The van der Waals surface area contributed by atoms with Gasteiger partial charge in [-0.2, -0.15) is 0 Å². The van der Waals surface area contributed by atoms with E-state index in [-0.39, 0.29) is 16.3 Å². The molecule has 3 heteroatoms. The van der Waals surface area contributed by atoms with Gasteiger partial charge in [0.25, 0.3) is 0 Å². The highest BCUT2D eigenvalue weighted by Crippen LogP contribution is 2.29. The summed E-state index contributed by atoms with van der Waals surface area (Å²) in [7, 11) is 0. The molecule has 1 N–H and O–H groups in total. The van der Waals surface area contributed by atoms with Crippen molar-refractivity contribution in [3.8, 4) is 0 Å². The Hall–Kier alpha value is -0.600. The van der Waals surface area contributed by atoms with Crippen LogP contribution < -0.4 is 5.32 Å². The summed E-state index contributed by atoms with van der Waals surface area (Å²) >= 11 is 5.81. The number of benzene rings is 1. The summed E-state index contributed by atoms with van der Waals surface area (Å²) in [6.07, 6.45) is 4.40. The van der Waals surface area contributed by atoms with Gasteiger partial charge in [-0.05, 0) is 49.3 Å². The molecule has 0 spiro atoms. The van der Waals surface area contributed by atoms with E-state index in [4.69, 9.17) is 11.6 Å². The second kappa shape index (κ2) is 5.58. The van der Waals surface area contributed by atoms with Gasteiger partial charge >= 0.3 is 0 Å². The second-order valence-corrected chi connectivity index (χ2v) is 6.44. The van der Waals surface area contributed by atoms with E-state index in [9.17, 15) is 4.39 Å². The van der Waals surface area contributed by atoms with E-state index >= 15 is 0 Å². The van der Waals surface area contributed by atoms with Gasteiger partial charge in [0.05, 0.1) is 5.02 Å². The van der Waals surface area contributed by atoms with Gasteiger partial charge in [-0.15, -0.1) is 0 Å². The van der Waals surface area contributed by atoms with Crippen LogP contribution in [0, 0.1) is 11.2 Å². The standard InChI is InChI=1S/C15H21ClFN/c1-15(2,8-9-18-12-6-7-12)10-11-4-3-5-13(16)14(11)17/h3-5,12,18H,6-10H2,1-2H3. The molecule has 1 aromatic carbocycles. The van der Waals surface area contributed by atoms with E-state index in [0.29, 0.717) is 0 Å². The van der Waals surface area contributed by atoms with Crippen molar-refractivity contribution in [1.82, 2.24) is 5.32 Å². The first kappa shape index (κ1) is 13.8. The number of rotatable bonds is 6. The molecule has 1 fully saturated rings. The maximum Gasteiger partial charge on any atom is 0.144 e. The molecule has 1 saturated carbocycles. The fraction of sp³-hybridized carbons (Fsp3) is 0.600. The molecule has 2 rings (SSSR count). The minimum Gasteiger partial charge on any atom is -0.314 e. The van der Waals surface area contributed by atoms with Crippen LogP contribution in [0.1, 0.15) is 38.7 Å². The summed E-state index contributed by atoms with van der Waals surface area (Å²) in [5.74, 6) is -0.262. The molecule has 1 aliphatic rings. The van der Waals surface area contributed by atoms with Gasteiger partial charge in [0.15, 0.2) is 0 Å². The average molecular weight is 270 g/mol. The molecule has 0 heterocycles. The zero-order chi connectivity index (χ0) is 13.2. The summed E-state index contributed by atoms with van der Waals surface area (Å²) in [5.41, 5.74) is 0.812. The first-order chi connectivity index (χ1) is 8.48. The monoisotopic (exact) mass is 269 g/mol. The van der Waals surface area contributed by atoms with Crippen molar-refractivity contribution >= 4 is 11.6 Å². The second-order valence-electron chi connectivity index (χ2n) is 6.03. The van der Waals surface area contributed by atoms with Crippen LogP contribution in [-0.2, 0) is 6.42 Å². The van der Waals surface area contributed by atoms with Crippen molar-refractivity contribution in [2.75, 3.05) is 6.54 Å². The third kappa shape index (κ3) is 3.96. The summed E-state index contributed by atoms with van der Waals surface area (Å²) in [6.45, 7) is 5.38. The third-order valence-corrected chi connectivity index (χ3v) is 3.80. The maximum atomic E-state index is 13.8. The van der Waals surface area contributed by atoms with Crippen molar-refractivity contribution in [1.29, 1.82) is 0 Å². The quantitative estimate of drug-likeness (QED) is 0.817. The van der Waals surface area contributed by atoms with Crippen LogP contribution in [0.2, 0.25) is 5.02 Å². The molecule has 1 nitrogen and oxygen atoms in total. The van der Waals surface area contributed by atoms with E-state index in [0.717, 1.165) is 31.0 Å². The average Bonchev–Trinajstić information content (AvgIpc) is 3.08. The Morgan fingerprint density at radius 3 is 2.78 bits per heavy atom. The Morgan fingerprint density at radius 1 is 1.39 bits per heavy atom. The maximum absolute atomic E-state index is 13.8. The van der Waals surface area contributed by atoms with Crippen molar-refractivity contribution in [2.24, 2.45) is 5.41 Å². The number of nitrogens with one attached hydrogen (secondary N) is 1. The van der Waals surface area contributed by atoms with Gasteiger partial charge < -0.3 is 5.32 Å². The zero-order valence-corrected chi connectivity index (χ0v) is 11.9. The molecule has 0 aromatic heterocycles. The number of halogens is 2. The smallest absolute Gasteiger partial charge is 0.144 e. The van der Waals surface area contributed by atoms with E-state index in [2.05, 4.69) is 19.2 Å². The molecule has 1 aromatic rings. The summed E-state index contributed by atoms with van der Waals surface area (Å²) in [5, 5.41) is 3.73. The molecule has 1 aliphatic carbocycles. The Kier molecular flexibility index (Phi) is 4.29. The predicted molar refractivity (Wildman–Crippen MR) is 74.5 cm³/mol. The molecular weight excluding hydrogens is 249 g/mol. The van der Waals surface area contributed by atoms with E-state index < -0.39 is 0 Å². The normalized spacial score (nSPS) is 16.0. The summed E-state index contributed by atoms with van der Waals surface area (Å²) in [4.78, 5) is 0. The first-order valence-electron chi connectivity index (χ1n) is 6.64. The van der Waals surface area contributed by atoms with Gasteiger partial charge in [0, 0.05) is 6.04 Å². The highest BCUT2D eigenvalue weighted by atomic mass is 35.5. The Bertz CT molecular complexity index is 413. The minimum absolute atomic E-state index is 0.0907.